The highest BCUT2D eigenvalue weighted by Crippen LogP contribution is 2.39. The van der Waals surface area contributed by atoms with Crippen molar-refractivity contribution in [1.82, 2.24) is 15.4 Å². The molecule has 28 heavy (non-hydrogen) atoms. The van der Waals surface area contributed by atoms with Crippen molar-refractivity contribution in [3.8, 4) is 0 Å². The van der Waals surface area contributed by atoms with E-state index in [0.717, 1.165) is 55.9 Å². The number of aliphatic hydroxyl groups is 1. The summed E-state index contributed by atoms with van der Waals surface area (Å²) >= 11 is 0. The molecular formula is C21H35N3O4. The molecule has 2 atom stereocenters. The minimum absolute atomic E-state index is 0.0809. The number of hydrogen-bond donors (Lipinski definition) is 2. The fourth-order valence-electron chi connectivity index (χ4n) is 4.65. The standard InChI is InChI=1S/C21H35N3O4/c1-5-10-24-11-8-21(9-12-24)14-20(4,26)18(13-27-21)22-19(25)7-6-17-15(2)23-28-16(17)3/h18,26H,5-14H2,1-4H3,(H,22,25)/t18-,20-/m0/s1. The third-order valence-electron chi connectivity index (χ3n) is 6.41. The number of hydrogen-bond acceptors (Lipinski definition) is 6. The molecule has 2 aliphatic heterocycles. The number of piperidine rings is 1. The first-order valence-electron chi connectivity index (χ1n) is 10.5. The second-order valence-electron chi connectivity index (χ2n) is 8.79. The average Bonchev–Trinajstić information content (AvgIpc) is 2.96. The Hall–Kier alpha value is -1.44. The average molecular weight is 394 g/mol. The summed E-state index contributed by atoms with van der Waals surface area (Å²) in [6, 6.07) is -0.385. The predicted molar refractivity (Wildman–Crippen MR) is 106 cm³/mol. The van der Waals surface area contributed by atoms with Gasteiger partial charge in [0.15, 0.2) is 0 Å². The maximum atomic E-state index is 12.5. The molecule has 7 nitrogen and oxygen atoms in total. The molecule has 2 N–H and O–H groups in total. The Morgan fingerprint density at radius 3 is 2.64 bits per heavy atom. The summed E-state index contributed by atoms with van der Waals surface area (Å²) in [5.74, 6) is 0.678. The third kappa shape index (κ3) is 4.75. The van der Waals surface area contributed by atoms with Crippen LogP contribution in [0.3, 0.4) is 0 Å². The Kier molecular flexibility index (Phi) is 6.47. The van der Waals surface area contributed by atoms with Gasteiger partial charge in [-0.25, -0.2) is 0 Å². The van der Waals surface area contributed by atoms with Gasteiger partial charge < -0.3 is 24.6 Å². The van der Waals surface area contributed by atoms with E-state index in [2.05, 4.69) is 22.3 Å². The summed E-state index contributed by atoms with van der Waals surface area (Å²) in [4.78, 5) is 14.9. The molecule has 0 unspecified atom stereocenters. The van der Waals surface area contributed by atoms with Crippen LogP contribution in [0, 0.1) is 13.8 Å². The van der Waals surface area contributed by atoms with Gasteiger partial charge in [0.05, 0.1) is 29.5 Å². The minimum Gasteiger partial charge on any atom is -0.388 e. The number of ether oxygens (including phenoxy) is 1. The summed E-state index contributed by atoms with van der Waals surface area (Å²) in [5, 5.41) is 18.0. The molecule has 2 fully saturated rings. The highest BCUT2D eigenvalue weighted by Gasteiger charge is 2.49. The molecule has 2 saturated heterocycles. The summed E-state index contributed by atoms with van der Waals surface area (Å²) < 4.78 is 11.4. The van der Waals surface area contributed by atoms with Gasteiger partial charge in [-0.05, 0) is 53.0 Å². The highest BCUT2D eigenvalue weighted by atomic mass is 16.5. The van der Waals surface area contributed by atoms with Crippen LogP contribution in [0.5, 0.6) is 0 Å². The molecule has 0 aliphatic carbocycles. The van der Waals surface area contributed by atoms with Gasteiger partial charge in [-0.3, -0.25) is 4.79 Å². The molecule has 0 radical (unpaired) electrons. The fraction of sp³-hybridized carbons (Fsp3) is 0.810. The molecule has 1 amide bonds. The second kappa shape index (κ2) is 8.51. The van der Waals surface area contributed by atoms with E-state index in [-0.39, 0.29) is 17.6 Å². The maximum Gasteiger partial charge on any atom is 0.220 e. The summed E-state index contributed by atoms with van der Waals surface area (Å²) in [6.07, 6.45) is 4.53. The molecule has 158 valence electrons. The Labute approximate surface area is 167 Å². The van der Waals surface area contributed by atoms with Crippen LogP contribution in [-0.2, 0) is 16.0 Å². The molecule has 3 rings (SSSR count). The van der Waals surface area contributed by atoms with E-state index in [9.17, 15) is 9.90 Å². The Morgan fingerprint density at radius 2 is 2.07 bits per heavy atom. The van der Waals surface area contributed by atoms with Crippen LogP contribution < -0.4 is 5.32 Å². The molecular weight excluding hydrogens is 358 g/mol. The van der Waals surface area contributed by atoms with E-state index in [1.54, 1.807) is 0 Å². The smallest absolute Gasteiger partial charge is 0.220 e. The van der Waals surface area contributed by atoms with Crippen molar-refractivity contribution < 1.29 is 19.2 Å². The lowest BCUT2D eigenvalue weighted by Crippen LogP contribution is -2.64. The molecule has 1 aromatic heterocycles. The van der Waals surface area contributed by atoms with Crippen molar-refractivity contribution in [2.45, 2.75) is 83.5 Å². The van der Waals surface area contributed by atoms with Gasteiger partial charge in [0.25, 0.3) is 0 Å². The van der Waals surface area contributed by atoms with Crippen molar-refractivity contribution in [3.05, 3.63) is 17.0 Å². The number of rotatable bonds is 6. The first-order chi connectivity index (χ1) is 13.2. The summed E-state index contributed by atoms with van der Waals surface area (Å²) in [5.41, 5.74) is 0.587. The number of aryl methyl sites for hydroxylation is 2. The van der Waals surface area contributed by atoms with Gasteiger partial charge >= 0.3 is 0 Å². The van der Waals surface area contributed by atoms with E-state index in [1.165, 1.54) is 0 Å². The zero-order valence-electron chi connectivity index (χ0n) is 17.7. The number of aromatic nitrogens is 1. The minimum atomic E-state index is -0.968. The normalized spacial score (nSPS) is 27.8. The number of nitrogens with one attached hydrogen (secondary N) is 1. The number of carbonyl (C=O) groups is 1. The summed E-state index contributed by atoms with van der Waals surface area (Å²) in [6.45, 7) is 11.3. The molecule has 0 aromatic carbocycles. The molecule has 0 saturated carbocycles. The van der Waals surface area contributed by atoms with Crippen LogP contribution >= 0.6 is 0 Å². The highest BCUT2D eigenvalue weighted by molar-refractivity contribution is 5.76. The number of likely N-dealkylation sites (tertiary alicyclic amines) is 1. The number of carbonyl (C=O) groups excluding carboxylic acids is 1. The SMILES string of the molecule is CCCN1CCC2(CC1)C[C@](C)(O)[C@@H](NC(=O)CCc1c(C)noc1C)CO2. The third-order valence-corrected chi connectivity index (χ3v) is 6.41. The quantitative estimate of drug-likeness (QED) is 0.770. The van der Waals surface area contributed by atoms with Gasteiger partial charge in [-0.15, -0.1) is 0 Å². The largest absolute Gasteiger partial charge is 0.388 e. The summed E-state index contributed by atoms with van der Waals surface area (Å²) in [7, 11) is 0. The number of amides is 1. The molecule has 1 spiro atoms. The zero-order chi connectivity index (χ0) is 20.4. The Bertz CT molecular complexity index is 658. The van der Waals surface area contributed by atoms with E-state index >= 15 is 0 Å². The topological polar surface area (TPSA) is 87.8 Å². The molecule has 0 bridgehead atoms. The predicted octanol–water partition coefficient (Wildman–Crippen LogP) is 2.12. The molecule has 3 heterocycles. The lowest BCUT2D eigenvalue weighted by molar-refractivity contribution is -0.189. The van der Waals surface area contributed by atoms with Crippen LogP contribution in [-0.4, -0.2) is 64.6 Å². The fourth-order valence-corrected chi connectivity index (χ4v) is 4.65. The van der Waals surface area contributed by atoms with Gasteiger partial charge in [0.2, 0.25) is 5.91 Å². The van der Waals surface area contributed by atoms with Crippen LogP contribution in [0.2, 0.25) is 0 Å². The van der Waals surface area contributed by atoms with E-state index in [0.29, 0.717) is 25.9 Å². The van der Waals surface area contributed by atoms with Crippen molar-refractivity contribution in [1.29, 1.82) is 0 Å². The first-order valence-corrected chi connectivity index (χ1v) is 10.5. The van der Waals surface area contributed by atoms with E-state index in [4.69, 9.17) is 9.26 Å². The maximum absolute atomic E-state index is 12.5. The van der Waals surface area contributed by atoms with Crippen molar-refractivity contribution >= 4 is 5.91 Å². The van der Waals surface area contributed by atoms with E-state index < -0.39 is 5.60 Å². The van der Waals surface area contributed by atoms with Gasteiger partial charge in [-0.2, -0.15) is 0 Å². The second-order valence-corrected chi connectivity index (χ2v) is 8.79. The lowest BCUT2D eigenvalue weighted by atomic mass is 9.75. The van der Waals surface area contributed by atoms with Crippen molar-refractivity contribution in [2.75, 3.05) is 26.2 Å². The van der Waals surface area contributed by atoms with Crippen molar-refractivity contribution in [2.24, 2.45) is 0 Å². The van der Waals surface area contributed by atoms with Gasteiger partial charge in [-0.1, -0.05) is 12.1 Å². The van der Waals surface area contributed by atoms with Gasteiger partial charge in [0.1, 0.15) is 5.76 Å². The van der Waals surface area contributed by atoms with E-state index in [1.807, 2.05) is 20.8 Å². The zero-order valence-corrected chi connectivity index (χ0v) is 17.7. The molecule has 7 heteroatoms. The molecule has 2 aliphatic rings. The Balaban J connectivity index is 1.51. The lowest BCUT2D eigenvalue weighted by Gasteiger charge is -2.51. The molecule has 1 aromatic rings. The van der Waals surface area contributed by atoms with Gasteiger partial charge in [0, 0.05) is 31.5 Å². The first kappa shape index (κ1) is 21.3. The number of nitrogens with zero attached hydrogens (tertiary/aromatic N) is 2. The van der Waals surface area contributed by atoms with Crippen LogP contribution in [0.15, 0.2) is 4.52 Å². The van der Waals surface area contributed by atoms with Crippen molar-refractivity contribution in [3.63, 3.8) is 0 Å². The van der Waals surface area contributed by atoms with Crippen LogP contribution in [0.25, 0.3) is 0 Å². The van der Waals surface area contributed by atoms with Crippen LogP contribution in [0.4, 0.5) is 0 Å². The monoisotopic (exact) mass is 393 g/mol. The van der Waals surface area contributed by atoms with Crippen LogP contribution in [0.1, 0.15) is 63.0 Å². The Morgan fingerprint density at radius 1 is 1.36 bits per heavy atom.